The zero-order chi connectivity index (χ0) is 50.0. The van der Waals surface area contributed by atoms with Crippen molar-refractivity contribution in [2.45, 2.75) is 63.6 Å². The van der Waals surface area contributed by atoms with Crippen LogP contribution >= 0.6 is 11.3 Å². The molecule has 6 N–H and O–H groups in total. The first-order chi connectivity index (χ1) is 34.6. The molecule has 7 rings (SSSR count). The number of carbonyl (C=O) groups excluding carboxylic acids is 3. The van der Waals surface area contributed by atoms with Gasteiger partial charge in [-0.2, -0.15) is 0 Å². The van der Waals surface area contributed by atoms with Gasteiger partial charge in [0.2, 0.25) is 5.91 Å². The maximum absolute atomic E-state index is 14.0. The number of likely N-dealkylation sites (N-methyl/N-ethyl adjacent to an activating group) is 1. The normalized spacial score (nSPS) is 18.1. The third kappa shape index (κ3) is 14.7. The number of aromatic nitrogens is 5. The van der Waals surface area contributed by atoms with Crippen molar-refractivity contribution in [2.75, 3.05) is 64.5 Å². The first kappa shape index (κ1) is 52.2. The second-order valence-electron chi connectivity index (χ2n) is 16.3. The molecule has 2 aliphatic rings. The molecule has 4 aromatic heterocycles. The van der Waals surface area contributed by atoms with E-state index in [1.165, 1.54) is 28.6 Å². The number of anilines is 1. The lowest BCUT2D eigenvalue weighted by molar-refractivity contribution is -0.137. The number of nitrogens with one attached hydrogen (secondary N) is 4. The van der Waals surface area contributed by atoms with Gasteiger partial charge in [-0.05, 0) is 91.8 Å². The molecule has 19 nitrogen and oxygen atoms in total. The average Bonchev–Trinajstić information content (AvgIpc) is 4.24. The Kier molecular flexibility index (Phi) is 19.5. The van der Waals surface area contributed by atoms with Gasteiger partial charge in [-0.15, -0.1) is 11.3 Å². The van der Waals surface area contributed by atoms with Crippen LogP contribution in [0.15, 0.2) is 95.5 Å². The summed E-state index contributed by atoms with van der Waals surface area (Å²) >= 11 is 1.41. The van der Waals surface area contributed by atoms with Gasteiger partial charge in [-0.3, -0.25) is 27.6 Å². The first-order valence-corrected chi connectivity index (χ1v) is 24.3. The highest BCUT2D eigenvalue weighted by Crippen LogP contribution is 2.33. The van der Waals surface area contributed by atoms with Gasteiger partial charge in [0.1, 0.15) is 24.3 Å². The molecule has 71 heavy (non-hydrogen) atoms. The Bertz CT molecular complexity index is 2660. The summed E-state index contributed by atoms with van der Waals surface area (Å²) in [5.41, 5.74) is 3.75. The number of halogens is 2. The summed E-state index contributed by atoms with van der Waals surface area (Å²) in [5.74, 6) is 0.200. The third-order valence-electron chi connectivity index (χ3n) is 11.2. The van der Waals surface area contributed by atoms with Crippen molar-refractivity contribution in [3.05, 3.63) is 102 Å². The summed E-state index contributed by atoms with van der Waals surface area (Å²) in [6, 6.07) is 14.3. The van der Waals surface area contributed by atoms with Crippen LogP contribution in [0.3, 0.4) is 0 Å². The fraction of sp³-hybridized carbons (Fsp3) is 0.396. The zero-order valence-electron chi connectivity index (χ0n) is 39.1. The number of aliphatic imine (C=N–C) groups is 1. The summed E-state index contributed by atoms with van der Waals surface area (Å²) in [7, 11) is -2.69. The monoisotopic (exact) mass is 998 g/mol. The van der Waals surface area contributed by atoms with E-state index >= 15 is 0 Å². The number of allylic oxidation sites excluding steroid dienone is 3. The lowest BCUT2D eigenvalue weighted by Crippen LogP contribution is -2.42. The van der Waals surface area contributed by atoms with Gasteiger partial charge >= 0.3 is 7.40 Å². The number of ether oxygens (including phenoxy) is 4. The van der Waals surface area contributed by atoms with E-state index in [1.807, 2.05) is 47.9 Å². The largest absolute Gasteiger partial charge is 0.678 e. The molecule has 0 bridgehead atoms. The molecule has 0 aliphatic carbocycles. The smallest absolute Gasteiger partial charge is 0.484 e. The van der Waals surface area contributed by atoms with Gasteiger partial charge < -0.3 is 54.9 Å². The SMILES string of the molecule is CCNC(=O)[C@H]1O[C@@H](n2cnc3c(NCCOCCOCCCNC(=O)CCCCCNC(=O)COc4ccc(/C=C/C5=NC(=C\c6ccc(-c7cccs7)n6B(F)F)/C=C5)cc4)ncnc32)[C@H](O)[C@@H]1O. The number of thiophene rings is 1. The second kappa shape index (κ2) is 26.5. The number of rotatable bonds is 28. The zero-order valence-corrected chi connectivity index (χ0v) is 39.9. The highest BCUT2D eigenvalue weighted by Gasteiger charge is 2.47. The van der Waals surface area contributed by atoms with Crippen molar-refractivity contribution in [1.29, 1.82) is 0 Å². The standard InChI is InChI=1S/C48H57BF2N10O9S/c1-2-52-47(66)44-42(64)43(65)48(70-44)60-31-58-41-45(56-30-57-46(41)60)55-22-24-68-26-25-67-23-7-21-53-39(62)9-4-3-5-20-54-40(63)29-69-36-17-11-32(12-18-36)10-13-33-14-15-34(59-33)28-35-16-19-37(61(35)49(50)51)38-8-6-27-71-38/h6,8,10-19,27-28,30-31,42-44,48,64-65H,2-5,7,9,20-26,29H2,1H3,(H,52,66)(H,53,62)(H,54,63)(H,55,56,57)/b13-10+,34-28-/t42-,43+,44-,48+/m0/s1. The number of aliphatic hydroxyl groups excluding tert-OH is 2. The van der Waals surface area contributed by atoms with Gasteiger partial charge in [0, 0.05) is 49.8 Å². The first-order valence-electron chi connectivity index (χ1n) is 23.4. The van der Waals surface area contributed by atoms with Crippen LogP contribution < -0.4 is 26.0 Å². The van der Waals surface area contributed by atoms with Crippen LogP contribution in [-0.4, -0.2) is 143 Å². The Morgan fingerprint density at radius 1 is 0.859 bits per heavy atom. The third-order valence-corrected chi connectivity index (χ3v) is 12.1. The minimum atomic E-state index is -2.69. The highest BCUT2D eigenvalue weighted by molar-refractivity contribution is 7.13. The van der Waals surface area contributed by atoms with Crippen LogP contribution in [0.25, 0.3) is 33.9 Å². The molecule has 0 spiro atoms. The summed E-state index contributed by atoms with van der Waals surface area (Å²) in [6.07, 6.45) is 9.88. The Labute approximate surface area is 413 Å². The van der Waals surface area contributed by atoms with Gasteiger partial charge in [-0.25, -0.2) is 19.9 Å². The lowest BCUT2D eigenvalue weighted by Gasteiger charge is -2.16. The molecule has 2 aliphatic heterocycles. The van der Waals surface area contributed by atoms with Crippen molar-refractivity contribution in [2.24, 2.45) is 4.99 Å². The molecular weight excluding hydrogens is 941 g/mol. The second-order valence-corrected chi connectivity index (χ2v) is 17.2. The van der Waals surface area contributed by atoms with Crippen LogP contribution in [-0.2, 0) is 28.6 Å². The van der Waals surface area contributed by atoms with E-state index in [1.54, 1.807) is 43.3 Å². The fourth-order valence-electron chi connectivity index (χ4n) is 7.62. The van der Waals surface area contributed by atoms with Crippen LogP contribution in [0, 0.1) is 0 Å². The average molecular weight is 999 g/mol. The Balaban J connectivity index is 0.671. The molecule has 4 atom stereocenters. The maximum atomic E-state index is 14.0. The maximum Gasteiger partial charge on any atom is 0.678 e. The van der Waals surface area contributed by atoms with Crippen LogP contribution in [0.2, 0.25) is 0 Å². The van der Waals surface area contributed by atoms with E-state index in [0.717, 1.165) is 27.8 Å². The number of benzene rings is 1. The predicted octanol–water partition coefficient (Wildman–Crippen LogP) is 4.66. The number of fused-ring (bicyclic) bond motifs is 1. The molecule has 6 heterocycles. The Morgan fingerprint density at radius 3 is 2.45 bits per heavy atom. The van der Waals surface area contributed by atoms with E-state index in [0.29, 0.717) is 117 Å². The Hall–Kier alpha value is -6.63. The van der Waals surface area contributed by atoms with E-state index in [-0.39, 0.29) is 18.4 Å². The van der Waals surface area contributed by atoms with Crippen molar-refractivity contribution >= 4 is 71.3 Å². The summed E-state index contributed by atoms with van der Waals surface area (Å²) in [5, 5.41) is 34.3. The van der Waals surface area contributed by atoms with Gasteiger partial charge in [-0.1, -0.05) is 30.7 Å². The molecule has 1 saturated heterocycles. The molecule has 3 amide bonds. The Morgan fingerprint density at radius 2 is 1.66 bits per heavy atom. The topological polar surface area (TPSA) is 238 Å². The molecule has 5 aromatic rings. The van der Waals surface area contributed by atoms with Crippen molar-refractivity contribution < 1.29 is 52.2 Å². The molecule has 23 heteroatoms. The minimum absolute atomic E-state index is 0.0311. The van der Waals surface area contributed by atoms with Gasteiger partial charge in [0.15, 0.2) is 35.9 Å². The number of carbonyl (C=O) groups is 3. The number of nitrogens with zero attached hydrogens (tertiary/aromatic N) is 6. The van der Waals surface area contributed by atoms with Gasteiger partial charge in [0.25, 0.3) is 11.8 Å². The van der Waals surface area contributed by atoms with Crippen LogP contribution in [0.4, 0.5) is 14.4 Å². The fourth-order valence-corrected chi connectivity index (χ4v) is 8.37. The number of amides is 3. The molecule has 376 valence electrons. The molecule has 0 saturated carbocycles. The predicted molar refractivity (Wildman–Crippen MR) is 266 cm³/mol. The van der Waals surface area contributed by atoms with E-state index < -0.39 is 37.8 Å². The number of aliphatic hydroxyl groups is 2. The van der Waals surface area contributed by atoms with Crippen molar-refractivity contribution in [3.63, 3.8) is 0 Å². The van der Waals surface area contributed by atoms with Gasteiger partial charge in [0.05, 0.1) is 43.3 Å². The van der Waals surface area contributed by atoms with E-state index in [4.69, 9.17) is 18.9 Å². The summed E-state index contributed by atoms with van der Waals surface area (Å²) in [4.78, 5) is 55.0. The van der Waals surface area contributed by atoms with Crippen LogP contribution in [0.5, 0.6) is 5.75 Å². The molecule has 1 aromatic carbocycles. The lowest BCUT2D eigenvalue weighted by atomic mass is 10.1. The van der Waals surface area contributed by atoms with E-state index in [9.17, 15) is 33.2 Å². The number of imidazole rings is 1. The number of hydrogen-bond acceptors (Lipinski definition) is 15. The molecule has 0 radical (unpaired) electrons. The quantitative estimate of drug-likeness (QED) is 0.0296. The highest BCUT2D eigenvalue weighted by atomic mass is 32.1. The molecule has 1 fully saturated rings. The molecular formula is C48H57BF2N10O9S. The van der Waals surface area contributed by atoms with Crippen molar-refractivity contribution in [3.8, 4) is 16.3 Å². The number of unbranched alkanes of at least 4 members (excludes halogenated alkanes) is 2. The van der Waals surface area contributed by atoms with Crippen molar-refractivity contribution in [1.82, 2.24) is 39.9 Å². The van der Waals surface area contributed by atoms with Crippen LogP contribution in [0.1, 0.15) is 56.5 Å². The number of hydrogen-bond donors (Lipinski definition) is 6. The van der Waals surface area contributed by atoms with E-state index in [2.05, 4.69) is 41.2 Å². The minimum Gasteiger partial charge on any atom is -0.484 e. The molecule has 0 unspecified atom stereocenters. The summed E-state index contributed by atoms with van der Waals surface area (Å²) < 4.78 is 53.0. The summed E-state index contributed by atoms with van der Waals surface area (Å²) in [6.45, 7) is 4.95.